The predicted octanol–water partition coefficient (Wildman–Crippen LogP) is 0.801. The first-order chi connectivity index (χ1) is 6.76. The molecule has 0 bridgehead atoms. The summed E-state index contributed by atoms with van der Waals surface area (Å²) in [6, 6.07) is 7.72. The lowest BCUT2D eigenvalue weighted by Crippen LogP contribution is -2.24. The van der Waals surface area contributed by atoms with Crippen LogP contribution in [0.1, 0.15) is 5.56 Å². The van der Waals surface area contributed by atoms with Gasteiger partial charge in [0.05, 0.1) is 13.7 Å². The summed E-state index contributed by atoms with van der Waals surface area (Å²) in [7, 11) is 1.64. The lowest BCUT2D eigenvalue weighted by Gasteiger charge is -2.13. The maximum Gasteiger partial charge on any atom is 0.118 e. The molecule has 1 rings (SSSR count). The molecule has 0 spiro atoms. The average Bonchev–Trinajstić information content (AvgIpc) is 2.19. The van der Waals surface area contributed by atoms with Gasteiger partial charge in [-0.25, -0.2) is 5.84 Å². The maximum absolute atomic E-state index is 5.62. The minimum Gasteiger partial charge on any atom is -0.497 e. The smallest absolute Gasteiger partial charge is 0.118 e. The summed E-state index contributed by atoms with van der Waals surface area (Å²) in [5.41, 5.74) is 6.31. The van der Waals surface area contributed by atoms with Crippen molar-refractivity contribution < 1.29 is 4.74 Å². The monoisotopic (exact) mass is 193 g/mol. The van der Waals surface area contributed by atoms with E-state index in [1.807, 2.05) is 24.3 Å². The first kappa shape index (κ1) is 10.4. The van der Waals surface area contributed by atoms with Gasteiger partial charge in [0.25, 0.3) is 0 Å². The van der Waals surface area contributed by atoms with Crippen molar-refractivity contribution in [2.45, 2.75) is 6.54 Å². The lowest BCUT2D eigenvalue weighted by molar-refractivity contribution is 0.385. The Morgan fingerprint density at radius 3 is 2.50 bits per heavy atom. The zero-order valence-electron chi connectivity index (χ0n) is 8.18. The van der Waals surface area contributed by atoms with Gasteiger partial charge < -0.3 is 15.5 Å². The quantitative estimate of drug-likeness (QED) is 0.548. The van der Waals surface area contributed by atoms with Crippen molar-refractivity contribution in [1.29, 1.82) is 0 Å². The second-order valence-electron chi connectivity index (χ2n) is 2.86. The first-order valence-corrected chi connectivity index (χ1v) is 4.29. The number of hydrazine groups is 1. The molecule has 0 aliphatic carbocycles. The molecule has 1 aromatic carbocycles. The molecule has 4 heteroatoms. The van der Waals surface area contributed by atoms with E-state index in [1.165, 1.54) is 11.2 Å². The van der Waals surface area contributed by atoms with Crippen LogP contribution in [0.5, 0.6) is 5.75 Å². The van der Waals surface area contributed by atoms with Gasteiger partial charge in [-0.05, 0) is 17.7 Å². The van der Waals surface area contributed by atoms with Gasteiger partial charge in [0.15, 0.2) is 0 Å². The highest BCUT2D eigenvalue weighted by molar-refractivity contribution is 5.27. The molecule has 14 heavy (non-hydrogen) atoms. The molecule has 0 aliphatic rings. The van der Waals surface area contributed by atoms with Crippen LogP contribution in [0.4, 0.5) is 0 Å². The number of benzene rings is 1. The fourth-order valence-electron chi connectivity index (χ4n) is 1.11. The molecule has 76 valence electrons. The number of hydrogen-bond donors (Lipinski definition) is 2. The van der Waals surface area contributed by atoms with E-state index in [0.29, 0.717) is 6.54 Å². The summed E-state index contributed by atoms with van der Waals surface area (Å²) in [5.74, 6) is 6.46. The van der Waals surface area contributed by atoms with Crippen molar-refractivity contribution in [3.8, 4) is 5.75 Å². The van der Waals surface area contributed by atoms with Gasteiger partial charge in [-0.1, -0.05) is 12.1 Å². The van der Waals surface area contributed by atoms with E-state index in [4.69, 9.17) is 16.3 Å². The van der Waals surface area contributed by atoms with Crippen LogP contribution in [0.25, 0.3) is 0 Å². The molecule has 0 radical (unpaired) electrons. The van der Waals surface area contributed by atoms with Crippen LogP contribution >= 0.6 is 0 Å². The van der Waals surface area contributed by atoms with E-state index in [1.54, 1.807) is 13.3 Å². The van der Waals surface area contributed by atoms with Gasteiger partial charge in [0, 0.05) is 12.4 Å². The van der Waals surface area contributed by atoms with Crippen LogP contribution in [-0.4, -0.2) is 12.1 Å². The van der Waals surface area contributed by atoms with Crippen molar-refractivity contribution in [3.05, 3.63) is 42.2 Å². The Bertz CT molecular complexity index is 295. The molecule has 0 amide bonds. The van der Waals surface area contributed by atoms with Crippen molar-refractivity contribution in [2.75, 3.05) is 7.11 Å². The highest BCUT2D eigenvalue weighted by Crippen LogP contribution is 2.11. The van der Waals surface area contributed by atoms with Gasteiger partial charge in [0.1, 0.15) is 5.75 Å². The van der Waals surface area contributed by atoms with Crippen LogP contribution < -0.4 is 16.3 Å². The molecule has 4 nitrogen and oxygen atoms in total. The largest absolute Gasteiger partial charge is 0.497 e. The van der Waals surface area contributed by atoms with Crippen molar-refractivity contribution in [2.24, 2.45) is 11.6 Å². The lowest BCUT2D eigenvalue weighted by atomic mass is 10.2. The zero-order valence-corrected chi connectivity index (χ0v) is 8.18. The highest BCUT2D eigenvalue weighted by atomic mass is 16.5. The zero-order chi connectivity index (χ0) is 10.4. The SMILES string of the molecule is COc1ccc(CN(N)/C=C\N)cc1. The molecule has 0 unspecified atom stereocenters. The van der Waals surface area contributed by atoms with Gasteiger partial charge in [0.2, 0.25) is 0 Å². The fourth-order valence-corrected chi connectivity index (χ4v) is 1.11. The molecule has 0 fully saturated rings. The van der Waals surface area contributed by atoms with Gasteiger partial charge in [-0.3, -0.25) is 0 Å². The number of methoxy groups -OCH3 is 1. The highest BCUT2D eigenvalue weighted by Gasteiger charge is 1.96. The third-order valence-corrected chi connectivity index (χ3v) is 1.80. The Balaban J connectivity index is 2.59. The second kappa shape index (κ2) is 5.14. The molecule has 0 aliphatic heterocycles. The van der Waals surface area contributed by atoms with Crippen LogP contribution in [0, 0.1) is 0 Å². The van der Waals surface area contributed by atoms with Crippen molar-refractivity contribution in [3.63, 3.8) is 0 Å². The van der Waals surface area contributed by atoms with E-state index in [-0.39, 0.29) is 0 Å². The first-order valence-electron chi connectivity index (χ1n) is 4.29. The van der Waals surface area contributed by atoms with Gasteiger partial charge in [-0.15, -0.1) is 0 Å². The summed E-state index contributed by atoms with van der Waals surface area (Å²) in [6.07, 6.45) is 3.02. The normalized spacial score (nSPS) is 10.4. The minimum absolute atomic E-state index is 0.623. The molecule has 0 aromatic heterocycles. The number of nitrogens with two attached hydrogens (primary N) is 2. The standard InChI is InChI=1S/C10H15N3O/c1-14-10-4-2-9(3-5-10)8-13(12)7-6-11/h2-7H,8,11-12H2,1H3/b7-6-. The molecule has 0 saturated heterocycles. The van der Waals surface area contributed by atoms with E-state index in [2.05, 4.69) is 0 Å². The summed E-state index contributed by atoms with van der Waals surface area (Å²) >= 11 is 0. The minimum atomic E-state index is 0.623. The molecular weight excluding hydrogens is 178 g/mol. The Hall–Kier alpha value is -1.68. The Kier molecular flexibility index (Phi) is 3.82. The summed E-state index contributed by atoms with van der Waals surface area (Å²) in [5, 5.41) is 1.52. The molecule has 0 saturated carbocycles. The molecule has 0 atom stereocenters. The molecule has 1 aromatic rings. The van der Waals surface area contributed by atoms with E-state index >= 15 is 0 Å². The summed E-state index contributed by atoms with van der Waals surface area (Å²) in [6.45, 7) is 0.623. The van der Waals surface area contributed by atoms with E-state index in [9.17, 15) is 0 Å². The van der Waals surface area contributed by atoms with E-state index in [0.717, 1.165) is 11.3 Å². The third kappa shape index (κ3) is 2.99. The van der Waals surface area contributed by atoms with Crippen molar-refractivity contribution >= 4 is 0 Å². The molecule has 0 heterocycles. The van der Waals surface area contributed by atoms with Crippen LogP contribution in [0.15, 0.2) is 36.7 Å². The summed E-state index contributed by atoms with van der Waals surface area (Å²) in [4.78, 5) is 0. The maximum atomic E-state index is 5.62. The van der Waals surface area contributed by atoms with Gasteiger partial charge >= 0.3 is 0 Å². The van der Waals surface area contributed by atoms with Crippen LogP contribution in [-0.2, 0) is 6.54 Å². The Labute approximate surface area is 83.7 Å². The number of ether oxygens (including phenoxy) is 1. The predicted molar refractivity (Wildman–Crippen MR) is 56.1 cm³/mol. The number of nitrogens with zero attached hydrogens (tertiary/aromatic N) is 1. The van der Waals surface area contributed by atoms with Crippen LogP contribution in [0.3, 0.4) is 0 Å². The Morgan fingerprint density at radius 2 is 2.00 bits per heavy atom. The molecular formula is C10H15N3O. The Morgan fingerprint density at radius 1 is 1.36 bits per heavy atom. The fraction of sp³-hybridized carbons (Fsp3) is 0.200. The summed E-state index contributed by atoms with van der Waals surface area (Å²) < 4.78 is 5.04. The van der Waals surface area contributed by atoms with Gasteiger partial charge in [-0.2, -0.15) is 0 Å². The van der Waals surface area contributed by atoms with Crippen LogP contribution in [0.2, 0.25) is 0 Å². The molecule has 4 N–H and O–H groups in total. The number of hydrogen-bond acceptors (Lipinski definition) is 4. The number of rotatable bonds is 4. The average molecular weight is 193 g/mol. The van der Waals surface area contributed by atoms with E-state index < -0.39 is 0 Å². The third-order valence-electron chi connectivity index (χ3n) is 1.80. The topological polar surface area (TPSA) is 64.5 Å². The van der Waals surface area contributed by atoms with Crippen molar-refractivity contribution in [1.82, 2.24) is 5.01 Å². The second-order valence-corrected chi connectivity index (χ2v) is 2.86.